The number of rotatable bonds is 1. The van der Waals surface area contributed by atoms with Crippen LogP contribution in [-0.2, 0) is 14.3 Å². The second kappa shape index (κ2) is 3.36. The van der Waals surface area contributed by atoms with Crippen molar-refractivity contribution in [2.24, 2.45) is 16.7 Å². The predicted octanol–water partition coefficient (Wildman–Crippen LogP) is 3.07. The molecule has 0 aromatic heterocycles. The van der Waals surface area contributed by atoms with Gasteiger partial charge in [-0.2, -0.15) is 0 Å². The SMILES string of the molecule is CC(=O)O[C@H]1C[C@@]23CCC[C@]2(CCC3C)[C@]2(C)O[C@H]12. The summed E-state index contributed by atoms with van der Waals surface area (Å²) in [6, 6.07) is 0. The maximum Gasteiger partial charge on any atom is 0.302 e. The standard InChI is InChI=1S/C16H24O3/c1-10-5-8-16-7-4-6-15(10,16)9-12(18-11(2)17)13-14(16,3)19-13/h10,12-13H,4-9H2,1-3H3/t10?,12-,13+,14+,15+,16-/m0/s1. The second-order valence-corrected chi connectivity index (χ2v) is 7.53. The highest BCUT2D eigenvalue weighted by molar-refractivity contribution is 5.66. The molecule has 19 heavy (non-hydrogen) atoms. The van der Waals surface area contributed by atoms with E-state index in [9.17, 15) is 4.79 Å². The normalized spacial score (nSPS) is 58.2. The molecule has 106 valence electrons. The van der Waals surface area contributed by atoms with Crippen molar-refractivity contribution in [3.63, 3.8) is 0 Å². The van der Waals surface area contributed by atoms with Crippen LogP contribution in [0.1, 0.15) is 59.3 Å². The molecule has 6 atom stereocenters. The molecule has 4 fully saturated rings. The van der Waals surface area contributed by atoms with Crippen LogP contribution in [0.25, 0.3) is 0 Å². The van der Waals surface area contributed by atoms with E-state index in [1.165, 1.54) is 39.0 Å². The molecule has 4 rings (SSSR count). The molecular weight excluding hydrogens is 240 g/mol. The molecule has 0 aromatic carbocycles. The fraction of sp³-hybridized carbons (Fsp3) is 0.938. The Bertz CT molecular complexity index is 447. The second-order valence-electron chi connectivity index (χ2n) is 7.53. The van der Waals surface area contributed by atoms with E-state index in [0.717, 1.165) is 12.3 Å². The van der Waals surface area contributed by atoms with Crippen LogP contribution in [-0.4, -0.2) is 23.8 Å². The quantitative estimate of drug-likeness (QED) is 0.539. The fourth-order valence-electron chi connectivity index (χ4n) is 6.34. The Hall–Kier alpha value is -0.570. The minimum Gasteiger partial charge on any atom is -0.460 e. The molecule has 1 unspecified atom stereocenters. The average Bonchev–Trinajstić information content (AvgIpc) is 2.77. The smallest absolute Gasteiger partial charge is 0.302 e. The monoisotopic (exact) mass is 264 g/mol. The third-order valence-corrected chi connectivity index (χ3v) is 7.16. The summed E-state index contributed by atoms with van der Waals surface area (Å²) in [4.78, 5) is 11.4. The average molecular weight is 264 g/mol. The zero-order chi connectivity index (χ0) is 13.5. The zero-order valence-corrected chi connectivity index (χ0v) is 12.2. The molecule has 0 amide bonds. The van der Waals surface area contributed by atoms with Crippen molar-refractivity contribution >= 4 is 5.97 Å². The van der Waals surface area contributed by atoms with Crippen molar-refractivity contribution in [2.45, 2.75) is 77.1 Å². The Morgan fingerprint density at radius 3 is 2.84 bits per heavy atom. The summed E-state index contributed by atoms with van der Waals surface area (Å²) < 4.78 is 11.8. The van der Waals surface area contributed by atoms with Crippen molar-refractivity contribution in [3.8, 4) is 0 Å². The van der Waals surface area contributed by atoms with E-state index in [-0.39, 0.29) is 23.8 Å². The number of carbonyl (C=O) groups excluding carboxylic acids is 1. The summed E-state index contributed by atoms with van der Waals surface area (Å²) in [6.45, 7) is 6.21. The van der Waals surface area contributed by atoms with Crippen LogP contribution in [0.15, 0.2) is 0 Å². The molecular formula is C16H24O3. The van der Waals surface area contributed by atoms with Gasteiger partial charge in [-0.1, -0.05) is 13.3 Å². The lowest BCUT2D eigenvalue weighted by atomic mass is 9.52. The largest absolute Gasteiger partial charge is 0.460 e. The molecule has 3 saturated carbocycles. The van der Waals surface area contributed by atoms with Crippen molar-refractivity contribution in [3.05, 3.63) is 0 Å². The number of ether oxygens (including phenoxy) is 2. The zero-order valence-electron chi connectivity index (χ0n) is 12.2. The third-order valence-electron chi connectivity index (χ3n) is 7.16. The van der Waals surface area contributed by atoms with Gasteiger partial charge in [0.2, 0.25) is 0 Å². The van der Waals surface area contributed by atoms with Crippen LogP contribution >= 0.6 is 0 Å². The van der Waals surface area contributed by atoms with E-state index in [1.807, 2.05) is 0 Å². The first-order valence-electron chi connectivity index (χ1n) is 7.80. The van der Waals surface area contributed by atoms with E-state index >= 15 is 0 Å². The molecule has 1 aliphatic heterocycles. The van der Waals surface area contributed by atoms with Gasteiger partial charge in [0, 0.05) is 12.3 Å². The maximum atomic E-state index is 11.4. The molecule has 3 nitrogen and oxygen atoms in total. The lowest BCUT2D eigenvalue weighted by Crippen LogP contribution is -2.54. The molecule has 0 aromatic rings. The lowest BCUT2D eigenvalue weighted by molar-refractivity contribution is -0.153. The van der Waals surface area contributed by atoms with Gasteiger partial charge in [0.05, 0.1) is 0 Å². The van der Waals surface area contributed by atoms with E-state index in [2.05, 4.69) is 13.8 Å². The highest BCUT2D eigenvalue weighted by Gasteiger charge is 2.81. The van der Waals surface area contributed by atoms with Gasteiger partial charge in [-0.15, -0.1) is 0 Å². The van der Waals surface area contributed by atoms with Gasteiger partial charge in [0.1, 0.15) is 17.8 Å². The van der Waals surface area contributed by atoms with Crippen molar-refractivity contribution in [2.75, 3.05) is 0 Å². The number of esters is 1. The molecule has 3 heteroatoms. The Balaban J connectivity index is 1.76. The van der Waals surface area contributed by atoms with Gasteiger partial charge in [-0.25, -0.2) is 0 Å². The van der Waals surface area contributed by atoms with Crippen LogP contribution in [0.5, 0.6) is 0 Å². The van der Waals surface area contributed by atoms with Gasteiger partial charge < -0.3 is 9.47 Å². The molecule has 0 bridgehead atoms. The van der Waals surface area contributed by atoms with Gasteiger partial charge >= 0.3 is 5.97 Å². The fourth-order valence-corrected chi connectivity index (χ4v) is 6.34. The number of hydrogen-bond donors (Lipinski definition) is 0. The maximum absolute atomic E-state index is 11.4. The molecule has 1 saturated heterocycles. The van der Waals surface area contributed by atoms with Crippen molar-refractivity contribution < 1.29 is 14.3 Å². The predicted molar refractivity (Wildman–Crippen MR) is 70.6 cm³/mol. The number of carbonyl (C=O) groups is 1. The van der Waals surface area contributed by atoms with Gasteiger partial charge in [0.25, 0.3) is 0 Å². The first-order valence-corrected chi connectivity index (χ1v) is 7.80. The first kappa shape index (κ1) is 12.2. The minimum absolute atomic E-state index is 0.00530. The summed E-state index contributed by atoms with van der Waals surface area (Å²) >= 11 is 0. The molecule has 3 aliphatic carbocycles. The van der Waals surface area contributed by atoms with Crippen LogP contribution in [0.3, 0.4) is 0 Å². The van der Waals surface area contributed by atoms with E-state index in [4.69, 9.17) is 9.47 Å². The van der Waals surface area contributed by atoms with Gasteiger partial charge in [-0.05, 0) is 50.4 Å². The molecule has 0 N–H and O–H groups in total. The van der Waals surface area contributed by atoms with Crippen molar-refractivity contribution in [1.29, 1.82) is 0 Å². The van der Waals surface area contributed by atoms with Crippen LogP contribution in [0.4, 0.5) is 0 Å². The Morgan fingerprint density at radius 1 is 1.32 bits per heavy atom. The number of fused-ring (bicyclic) bond motifs is 1. The van der Waals surface area contributed by atoms with Crippen LogP contribution in [0, 0.1) is 16.7 Å². The highest BCUT2D eigenvalue weighted by Crippen LogP contribution is 2.79. The van der Waals surface area contributed by atoms with Crippen molar-refractivity contribution in [1.82, 2.24) is 0 Å². The summed E-state index contributed by atoms with van der Waals surface area (Å²) in [5.41, 5.74) is 0.724. The minimum atomic E-state index is -0.157. The molecule has 4 aliphatic rings. The van der Waals surface area contributed by atoms with E-state index in [1.54, 1.807) is 0 Å². The molecule has 0 radical (unpaired) electrons. The Labute approximate surface area is 115 Å². The van der Waals surface area contributed by atoms with Gasteiger partial charge in [0.15, 0.2) is 0 Å². The number of hydrogen-bond acceptors (Lipinski definition) is 3. The Kier molecular flexibility index (Phi) is 2.16. The Morgan fingerprint density at radius 2 is 2.11 bits per heavy atom. The van der Waals surface area contributed by atoms with Crippen LogP contribution in [0.2, 0.25) is 0 Å². The molecule has 0 spiro atoms. The summed E-state index contributed by atoms with van der Waals surface area (Å²) in [5, 5.41) is 0. The first-order chi connectivity index (χ1) is 8.95. The third kappa shape index (κ3) is 1.17. The topological polar surface area (TPSA) is 38.8 Å². The summed E-state index contributed by atoms with van der Waals surface area (Å²) in [5.74, 6) is 0.588. The number of epoxide rings is 1. The van der Waals surface area contributed by atoms with Crippen LogP contribution < -0.4 is 0 Å². The van der Waals surface area contributed by atoms with E-state index in [0.29, 0.717) is 10.8 Å². The highest BCUT2D eigenvalue weighted by atomic mass is 16.6. The van der Waals surface area contributed by atoms with Gasteiger partial charge in [-0.3, -0.25) is 4.79 Å². The van der Waals surface area contributed by atoms with E-state index < -0.39 is 0 Å². The summed E-state index contributed by atoms with van der Waals surface area (Å²) in [6.07, 6.45) is 7.76. The lowest BCUT2D eigenvalue weighted by Gasteiger charge is -2.51. The molecule has 1 heterocycles. The summed E-state index contributed by atoms with van der Waals surface area (Å²) in [7, 11) is 0.